The molecule has 0 aromatic rings. The second kappa shape index (κ2) is 6.02. The van der Waals surface area contributed by atoms with Gasteiger partial charge in [-0.05, 0) is 38.6 Å². The van der Waals surface area contributed by atoms with Gasteiger partial charge in [-0.2, -0.15) is 0 Å². The SMILES string of the molecule is CCCN(CC(=O)NCC)CC1CC1. The minimum absolute atomic E-state index is 0.168. The van der Waals surface area contributed by atoms with E-state index in [1.165, 1.54) is 12.8 Å². The fraction of sp³-hybridized carbons (Fsp3) is 0.909. The van der Waals surface area contributed by atoms with Gasteiger partial charge in [0.25, 0.3) is 0 Å². The number of carbonyl (C=O) groups is 1. The maximum absolute atomic E-state index is 11.4. The first kappa shape index (κ1) is 11.5. The van der Waals surface area contributed by atoms with Crippen LogP contribution in [0.4, 0.5) is 0 Å². The second-order valence-corrected chi connectivity index (χ2v) is 4.13. The van der Waals surface area contributed by atoms with E-state index in [2.05, 4.69) is 17.1 Å². The first-order valence-electron chi connectivity index (χ1n) is 5.75. The minimum atomic E-state index is 0.168. The molecule has 1 fully saturated rings. The Morgan fingerprint density at radius 1 is 1.43 bits per heavy atom. The Labute approximate surface area is 86.9 Å². The van der Waals surface area contributed by atoms with E-state index in [0.29, 0.717) is 6.54 Å². The Bertz CT molecular complexity index is 178. The predicted octanol–water partition coefficient (Wildman–Crippen LogP) is 1.24. The molecule has 3 nitrogen and oxygen atoms in total. The molecule has 1 amide bonds. The second-order valence-electron chi connectivity index (χ2n) is 4.13. The average molecular weight is 198 g/mol. The summed E-state index contributed by atoms with van der Waals surface area (Å²) < 4.78 is 0. The topological polar surface area (TPSA) is 32.3 Å². The highest BCUT2D eigenvalue weighted by Crippen LogP contribution is 2.29. The van der Waals surface area contributed by atoms with E-state index in [4.69, 9.17) is 0 Å². The molecule has 0 aromatic heterocycles. The van der Waals surface area contributed by atoms with Gasteiger partial charge in [0.15, 0.2) is 0 Å². The molecule has 0 unspecified atom stereocenters. The average Bonchev–Trinajstić information content (AvgIpc) is 2.89. The van der Waals surface area contributed by atoms with Gasteiger partial charge >= 0.3 is 0 Å². The molecule has 82 valence electrons. The Kier molecular flexibility index (Phi) is 4.94. The molecule has 0 bridgehead atoms. The molecule has 0 radical (unpaired) electrons. The van der Waals surface area contributed by atoms with Crippen LogP contribution in [0.15, 0.2) is 0 Å². The first-order valence-corrected chi connectivity index (χ1v) is 5.75. The van der Waals surface area contributed by atoms with Crippen molar-refractivity contribution in [1.29, 1.82) is 0 Å². The maximum Gasteiger partial charge on any atom is 0.234 e. The monoisotopic (exact) mass is 198 g/mol. The van der Waals surface area contributed by atoms with Crippen molar-refractivity contribution in [2.75, 3.05) is 26.2 Å². The molecule has 1 aliphatic rings. The van der Waals surface area contributed by atoms with Crippen LogP contribution in [0.1, 0.15) is 33.1 Å². The Balaban J connectivity index is 2.21. The standard InChI is InChI=1S/C11H22N2O/c1-3-7-13(8-10-5-6-10)9-11(14)12-4-2/h10H,3-9H2,1-2H3,(H,12,14). The van der Waals surface area contributed by atoms with Crippen molar-refractivity contribution in [2.24, 2.45) is 5.92 Å². The Hall–Kier alpha value is -0.570. The molecule has 14 heavy (non-hydrogen) atoms. The molecular weight excluding hydrogens is 176 g/mol. The summed E-state index contributed by atoms with van der Waals surface area (Å²) in [5.74, 6) is 1.04. The van der Waals surface area contributed by atoms with Gasteiger partial charge in [0, 0.05) is 13.1 Å². The van der Waals surface area contributed by atoms with E-state index in [0.717, 1.165) is 32.0 Å². The highest BCUT2D eigenvalue weighted by Gasteiger charge is 2.24. The predicted molar refractivity (Wildman–Crippen MR) is 58.1 cm³/mol. The van der Waals surface area contributed by atoms with Crippen LogP contribution in [0.3, 0.4) is 0 Å². The zero-order chi connectivity index (χ0) is 10.4. The molecular formula is C11H22N2O. The van der Waals surface area contributed by atoms with Crippen LogP contribution >= 0.6 is 0 Å². The molecule has 0 aromatic carbocycles. The number of nitrogens with one attached hydrogen (secondary N) is 1. The number of rotatable bonds is 7. The van der Waals surface area contributed by atoms with Crippen molar-refractivity contribution in [3.63, 3.8) is 0 Å². The molecule has 1 aliphatic carbocycles. The van der Waals surface area contributed by atoms with E-state index in [1.54, 1.807) is 0 Å². The van der Waals surface area contributed by atoms with Crippen molar-refractivity contribution in [2.45, 2.75) is 33.1 Å². The first-order chi connectivity index (χ1) is 6.76. The zero-order valence-corrected chi connectivity index (χ0v) is 9.38. The van der Waals surface area contributed by atoms with Gasteiger partial charge in [-0.1, -0.05) is 6.92 Å². The molecule has 0 heterocycles. The number of hydrogen-bond donors (Lipinski definition) is 1. The van der Waals surface area contributed by atoms with Crippen molar-refractivity contribution in [3.8, 4) is 0 Å². The lowest BCUT2D eigenvalue weighted by Crippen LogP contribution is -2.38. The van der Waals surface area contributed by atoms with Gasteiger partial charge in [0.05, 0.1) is 6.54 Å². The molecule has 0 aliphatic heterocycles. The van der Waals surface area contributed by atoms with Crippen LogP contribution < -0.4 is 5.32 Å². The van der Waals surface area contributed by atoms with E-state index >= 15 is 0 Å². The summed E-state index contributed by atoms with van der Waals surface area (Å²) in [7, 11) is 0. The number of hydrogen-bond acceptors (Lipinski definition) is 2. The summed E-state index contributed by atoms with van der Waals surface area (Å²) in [5, 5.41) is 2.85. The smallest absolute Gasteiger partial charge is 0.234 e. The van der Waals surface area contributed by atoms with Gasteiger partial charge < -0.3 is 5.32 Å². The third kappa shape index (κ3) is 4.61. The van der Waals surface area contributed by atoms with Crippen LogP contribution in [0.25, 0.3) is 0 Å². The van der Waals surface area contributed by atoms with Gasteiger partial charge in [-0.15, -0.1) is 0 Å². The fourth-order valence-corrected chi connectivity index (χ4v) is 1.67. The lowest BCUT2D eigenvalue weighted by molar-refractivity contribution is -0.122. The largest absolute Gasteiger partial charge is 0.355 e. The Morgan fingerprint density at radius 2 is 2.14 bits per heavy atom. The third-order valence-electron chi connectivity index (χ3n) is 2.49. The third-order valence-corrected chi connectivity index (χ3v) is 2.49. The lowest BCUT2D eigenvalue weighted by Gasteiger charge is -2.20. The van der Waals surface area contributed by atoms with E-state index in [9.17, 15) is 4.79 Å². The van der Waals surface area contributed by atoms with Crippen molar-refractivity contribution in [1.82, 2.24) is 10.2 Å². The quantitative estimate of drug-likeness (QED) is 0.667. The maximum atomic E-state index is 11.4. The van der Waals surface area contributed by atoms with Gasteiger partial charge in [0.2, 0.25) is 5.91 Å². The van der Waals surface area contributed by atoms with E-state index in [-0.39, 0.29) is 5.91 Å². The number of amides is 1. The van der Waals surface area contributed by atoms with Crippen LogP contribution in [0, 0.1) is 5.92 Å². The highest BCUT2D eigenvalue weighted by atomic mass is 16.2. The molecule has 0 spiro atoms. The molecule has 1 rings (SSSR count). The summed E-state index contributed by atoms with van der Waals surface area (Å²) in [5.41, 5.74) is 0. The van der Waals surface area contributed by atoms with Gasteiger partial charge in [-0.3, -0.25) is 9.69 Å². The van der Waals surface area contributed by atoms with Gasteiger partial charge in [0.1, 0.15) is 0 Å². The van der Waals surface area contributed by atoms with Crippen LogP contribution in [0.2, 0.25) is 0 Å². The van der Waals surface area contributed by atoms with Crippen molar-refractivity contribution >= 4 is 5.91 Å². The summed E-state index contributed by atoms with van der Waals surface area (Å²) in [6.07, 6.45) is 3.84. The summed E-state index contributed by atoms with van der Waals surface area (Å²) in [4.78, 5) is 13.7. The van der Waals surface area contributed by atoms with E-state index in [1.807, 2.05) is 6.92 Å². The number of likely N-dealkylation sites (N-methyl/N-ethyl adjacent to an activating group) is 1. The minimum Gasteiger partial charge on any atom is -0.355 e. The molecule has 1 saturated carbocycles. The molecule has 0 atom stereocenters. The van der Waals surface area contributed by atoms with Crippen molar-refractivity contribution in [3.05, 3.63) is 0 Å². The fourth-order valence-electron chi connectivity index (χ4n) is 1.67. The summed E-state index contributed by atoms with van der Waals surface area (Å²) >= 11 is 0. The Morgan fingerprint density at radius 3 is 2.64 bits per heavy atom. The van der Waals surface area contributed by atoms with Crippen LogP contribution in [0.5, 0.6) is 0 Å². The number of carbonyl (C=O) groups excluding carboxylic acids is 1. The number of nitrogens with zero attached hydrogens (tertiary/aromatic N) is 1. The molecule has 1 N–H and O–H groups in total. The van der Waals surface area contributed by atoms with Crippen LogP contribution in [-0.4, -0.2) is 37.0 Å². The highest BCUT2D eigenvalue weighted by molar-refractivity contribution is 5.77. The van der Waals surface area contributed by atoms with Crippen LogP contribution in [-0.2, 0) is 4.79 Å². The normalized spacial score (nSPS) is 15.9. The molecule has 0 saturated heterocycles. The van der Waals surface area contributed by atoms with Crippen molar-refractivity contribution < 1.29 is 4.79 Å². The summed E-state index contributed by atoms with van der Waals surface area (Å²) in [6.45, 7) is 7.61. The van der Waals surface area contributed by atoms with E-state index < -0.39 is 0 Å². The molecule has 3 heteroatoms. The zero-order valence-electron chi connectivity index (χ0n) is 9.38. The van der Waals surface area contributed by atoms with Gasteiger partial charge in [-0.25, -0.2) is 0 Å². The summed E-state index contributed by atoms with van der Waals surface area (Å²) in [6, 6.07) is 0. The lowest BCUT2D eigenvalue weighted by atomic mass is 10.3.